The van der Waals surface area contributed by atoms with E-state index >= 15 is 0 Å². The van der Waals surface area contributed by atoms with Gasteiger partial charge in [0.15, 0.2) is 11.9 Å². The standard InChI is InChI=1S/C13H17NO3/c1-9(2)10-4-5-14-12(11(10)6-15)17-13(3)7-16-8-13/h4-6,9H,7-8H2,1-3H3. The van der Waals surface area contributed by atoms with E-state index in [-0.39, 0.29) is 11.5 Å². The Morgan fingerprint density at radius 3 is 2.71 bits per heavy atom. The number of ether oxygens (including phenoxy) is 2. The van der Waals surface area contributed by atoms with Gasteiger partial charge in [0.1, 0.15) is 0 Å². The fourth-order valence-corrected chi connectivity index (χ4v) is 1.85. The quantitative estimate of drug-likeness (QED) is 0.750. The summed E-state index contributed by atoms with van der Waals surface area (Å²) in [5.74, 6) is 0.683. The van der Waals surface area contributed by atoms with Crippen LogP contribution in [0.2, 0.25) is 0 Å². The van der Waals surface area contributed by atoms with Gasteiger partial charge in [-0.05, 0) is 24.5 Å². The highest BCUT2D eigenvalue weighted by atomic mass is 16.6. The first-order valence-corrected chi connectivity index (χ1v) is 5.76. The molecule has 1 saturated heterocycles. The molecular formula is C13H17NO3. The zero-order chi connectivity index (χ0) is 12.5. The van der Waals surface area contributed by atoms with E-state index in [1.165, 1.54) is 0 Å². The van der Waals surface area contributed by atoms with E-state index in [4.69, 9.17) is 9.47 Å². The van der Waals surface area contributed by atoms with Crippen LogP contribution in [-0.4, -0.2) is 30.1 Å². The highest BCUT2D eigenvalue weighted by Crippen LogP contribution is 2.29. The summed E-state index contributed by atoms with van der Waals surface area (Å²) >= 11 is 0. The van der Waals surface area contributed by atoms with Crippen molar-refractivity contribution in [3.05, 3.63) is 23.4 Å². The number of hydrogen-bond donors (Lipinski definition) is 0. The van der Waals surface area contributed by atoms with E-state index in [0.717, 1.165) is 11.8 Å². The fraction of sp³-hybridized carbons (Fsp3) is 0.538. The largest absolute Gasteiger partial charge is 0.466 e. The third-order valence-corrected chi connectivity index (χ3v) is 2.89. The molecule has 0 amide bonds. The number of hydrogen-bond acceptors (Lipinski definition) is 4. The molecule has 1 aliphatic heterocycles. The monoisotopic (exact) mass is 235 g/mol. The van der Waals surface area contributed by atoms with Gasteiger partial charge >= 0.3 is 0 Å². The van der Waals surface area contributed by atoms with Crippen LogP contribution in [-0.2, 0) is 4.74 Å². The van der Waals surface area contributed by atoms with E-state index in [1.54, 1.807) is 6.20 Å². The van der Waals surface area contributed by atoms with Crippen molar-refractivity contribution >= 4 is 6.29 Å². The van der Waals surface area contributed by atoms with Gasteiger partial charge in [0.25, 0.3) is 0 Å². The Morgan fingerprint density at radius 2 is 2.24 bits per heavy atom. The predicted molar refractivity (Wildman–Crippen MR) is 63.6 cm³/mol. The first-order valence-electron chi connectivity index (χ1n) is 5.76. The van der Waals surface area contributed by atoms with E-state index in [2.05, 4.69) is 4.98 Å². The molecule has 0 unspecified atom stereocenters. The molecule has 1 fully saturated rings. The van der Waals surface area contributed by atoms with Crippen molar-refractivity contribution in [3.63, 3.8) is 0 Å². The number of aromatic nitrogens is 1. The Morgan fingerprint density at radius 1 is 1.53 bits per heavy atom. The van der Waals surface area contributed by atoms with Crippen molar-refractivity contribution in [1.82, 2.24) is 4.98 Å². The minimum atomic E-state index is -0.347. The number of aldehydes is 1. The minimum Gasteiger partial charge on any atom is -0.466 e. The maximum Gasteiger partial charge on any atom is 0.225 e. The van der Waals surface area contributed by atoms with E-state index in [1.807, 2.05) is 26.8 Å². The summed E-state index contributed by atoms with van der Waals surface area (Å²) < 4.78 is 10.9. The second-order valence-electron chi connectivity index (χ2n) is 4.94. The first kappa shape index (κ1) is 12.0. The number of carbonyl (C=O) groups excluding carboxylic acids is 1. The molecule has 1 aromatic rings. The Labute approximate surface area is 101 Å². The van der Waals surface area contributed by atoms with Crippen LogP contribution in [0.25, 0.3) is 0 Å². The molecule has 0 bridgehead atoms. The molecule has 0 saturated carbocycles. The highest BCUT2D eigenvalue weighted by Gasteiger charge is 2.37. The molecule has 0 spiro atoms. The Hall–Kier alpha value is -1.42. The van der Waals surface area contributed by atoms with E-state index in [9.17, 15) is 4.79 Å². The van der Waals surface area contributed by atoms with Crippen LogP contribution in [0.1, 0.15) is 42.6 Å². The maximum atomic E-state index is 11.2. The normalized spacial score (nSPS) is 17.6. The summed E-state index contributed by atoms with van der Waals surface area (Å²) in [4.78, 5) is 15.3. The number of rotatable bonds is 4. The predicted octanol–water partition coefficient (Wildman–Crippen LogP) is 2.19. The lowest BCUT2D eigenvalue weighted by Gasteiger charge is -2.38. The molecule has 4 heteroatoms. The summed E-state index contributed by atoms with van der Waals surface area (Å²) in [5.41, 5.74) is 1.17. The van der Waals surface area contributed by atoms with Gasteiger partial charge in [-0.2, -0.15) is 0 Å². The number of pyridine rings is 1. The average Bonchev–Trinajstić information content (AvgIpc) is 2.26. The van der Waals surface area contributed by atoms with Gasteiger partial charge in [-0.15, -0.1) is 0 Å². The molecule has 92 valence electrons. The minimum absolute atomic E-state index is 0.269. The molecule has 0 atom stereocenters. The van der Waals surface area contributed by atoms with Crippen LogP contribution in [0.15, 0.2) is 12.3 Å². The van der Waals surface area contributed by atoms with Crippen molar-refractivity contribution in [1.29, 1.82) is 0 Å². The summed E-state index contributed by atoms with van der Waals surface area (Å²) in [6, 6.07) is 1.86. The van der Waals surface area contributed by atoms with Crippen LogP contribution in [0, 0.1) is 0 Å². The number of carbonyl (C=O) groups is 1. The van der Waals surface area contributed by atoms with Gasteiger partial charge in [0, 0.05) is 6.20 Å². The van der Waals surface area contributed by atoms with Gasteiger partial charge in [-0.3, -0.25) is 4.79 Å². The van der Waals surface area contributed by atoms with Crippen molar-refractivity contribution in [2.45, 2.75) is 32.3 Å². The molecule has 1 aliphatic rings. The molecule has 17 heavy (non-hydrogen) atoms. The smallest absolute Gasteiger partial charge is 0.225 e. The summed E-state index contributed by atoms with van der Waals surface area (Å²) in [6.07, 6.45) is 2.50. The molecule has 0 aromatic carbocycles. The van der Waals surface area contributed by atoms with Gasteiger partial charge in [0.2, 0.25) is 5.88 Å². The van der Waals surface area contributed by atoms with Crippen LogP contribution in [0.3, 0.4) is 0 Å². The molecule has 0 radical (unpaired) electrons. The topological polar surface area (TPSA) is 48.4 Å². The Bertz CT molecular complexity index is 425. The fourth-order valence-electron chi connectivity index (χ4n) is 1.85. The molecule has 2 heterocycles. The van der Waals surface area contributed by atoms with Crippen molar-refractivity contribution in [2.75, 3.05) is 13.2 Å². The highest BCUT2D eigenvalue weighted by molar-refractivity contribution is 5.80. The van der Waals surface area contributed by atoms with Crippen molar-refractivity contribution in [3.8, 4) is 5.88 Å². The van der Waals surface area contributed by atoms with Crippen LogP contribution in [0.5, 0.6) is 5.88 Å². The maximum absolute atomic E-state index is 11.2. The zero-order valence-corrected chi connectivity index (χ0v) is 10.4. The summed E-state index contributed by atoms with van der Waals surface area (Å²) in [6.45, 7) is 7.12. The molecule has 0 aliphatic carbocycles. The third-order valence-electron chi connectivity index (χ3n) is 2.89. The third kappa shape index (κ3) is 2.31. The second-order valence-corrected chi connectivity index (χ2v) is 4.94. The summed E-state index contributed by atoms with van der Waals surface area (Å²) in [7, 11) is 0. The Kier molecular flexibility index (Phi) is 3.15. The number of nitrogens with zero attached hydrogens (tertiary/aromatic N) is 1. The lowest BCUT2D eigenvalue weighted by molar-refractivity contribution is -0.151. The van der Waals surface area contributed by atoms with Crippen molar-refractivity contribution < 1.29 is 14.3 Å². The van der Waals surface area contributed by atoms with Gasteiger partial charge in [-0.1, -0.05) is 13.8 Å². The van der Waals surface area contributed by atoms with Gasteiger partial charge < -0.3 is 9.47 Å². The lowest BCUT2D eigenvalue weighted by atomic mass is 9.99. The first-order chi connectivity index (χ1) is 8.06. The average molecular weight is 235 g/mol. The Balaban J connectivity index is 2.33. The summed E-state index contributed by atoms with van der Waals surface area (Å²) in [5, 5.41) is 0. The SMILES string of the molecule is CC(C)c1ccnc(OC2(C)COC2)c1C=O. The van der Waals surface area contributed by atoms with Crippen LogP contribution >= 0.6 is 0 Å². The molecule has 0 N–H and O–H groups in total. The molecule has 1 aromatic heterocycles. The van der Waals surface area contributed by atoms with E-state index in [0.29, 0.717) is 24.7 Å². The molecule has 2 rings (SSSR count). The van der Waals surface area contributed by atoms with Crippen LogP contribution < -0.4 is 4.74 Å². The molecular weight excluding hydrogens is 218 g/mol. The van der Waals surface area contributed by atoms with Gasteiger partial charge in [-0.25, -0.2) is 4.98 Å². The zero-order valence-electron chi connectivity index (χ0n) is 10.4. The molecule has 4 nitrogen and oxygen atoms in total. The van der Waals surface area contributed by atoms with Gasteiger partial charge in [0.05, 0.1) is 18.8 Å². The van der Waals surface area contributed by atoms with Crippen LogP contribution in [0.4, 0.5) is 0 Å². The van der Waals surface area contributed by atoms with Crippen molar-refractivity contribution in [2.24, 2.45) is 0 Å². The lowest BCUT2D eigenvalue weighted by Crippen LogP contribution is -2.52. The second kappa shape index (κ2) is 4.45. The van der Waals surface area contributed by atoms with E-state index < -0.39 is 0 Å².